The van der Waals surface area contributed by atoms with E-state index in [-0.39, 0.29) is 18.2 Å². The van der Waals surface area contributed by atoms with E-state index in [0.29, 0.717) is 5.56 Å². The van der Waals surface area contributed by atoms with Crippen LogP contribution in [0.25, 0.3) is 0 Å². The highest BCUT2D eigenvalue weighted by Gasteiger charge is 2.17. The number of hydrogen-bond donors (Lipinski definition) is 2. The first-order chi connectivity index (χ1) is 7.06. The Bertz CT molecular complexity index is 353. The molecule has 0 saturated carbocycles. The molecule has 0 fully saturated rings. The number of aliphatic hydroxyl groups excluding tert-OH is 2. The van der Waals surface area contributed by atoms with Crippen molar-refractivity contribution < 1.29 is 15.1 Å². The van der Waals surface area contributed by atoms with Crippen molar-refractivity contribution in [2.24, 2.45) is 5.92 Å². The van der Waals surface area contributed by atoms with Crippen LogP contribution in [0.15, 0.2) is 24.3 Å². The molecule has 0 aromatic heterocycles. The van der Waals surface area contributed by atoms with Crippen LogP contribution >= 0.6 is 0 Å². The van der Waals surface area contributed by atoms with E-state index >= 15 is 0 Å². The summed E-state index contributed by atoms with van der Waals surface area (Å²) in [5, 5.41) is 29.1. The summed E-state index contributed by atoms with van der Waals surface area (Å²) in [5.74, 6) is -0.341. The van der Waals surface area contributed by atoms with Crippen LogP contribution in [-0.2, 0) is 0 Å². The van der Waals surface area contributed by atoms with Crippen molar-refractivity contribution in [2.75, 3.05) is 6.61 Å². The number of rotatable bonds is 4. The van der Waals surface area contributed by atoms with Gasteiger partial charge in [0.25, 0.3) is 5.69 Å². The zero-order chi connectivity index (χ0) is 11.4. The molecule has 0 heterocycles. The topological polar surface area (TPSA) is 83.6 Å². The molecule has 0 bridgehead atoms. The SMILES string of the molecule is C[C@@H](CO)[C@@H](O)c1cccc([N+](=O)[O-])c1. The maximum absolute atomic E-state index is 10.5. The molecule has 0 amide bonds. The van der Waals surface area contributed by atoms with Gasteiger partial charge in [0, 0.05) is 24.7 Å². The summed E-state index contributed by atoms with van der Waals surface area (Å²) in [6, 6.07) is 5.79. The molecule has 0 aliphatic rings. The molecule has 15 heavy (non-hydrogen) atoms. The largest absolute Gasteiger partial charge is 0.396 e. The second-order valence-corrected chi connectivity index (χ2v) is 3.46. The van der Waals surface area contributed by atoms with E-state index in [1.54, 1.807) is 13.0 Å². The van der Waals surface area contributed by atoms with Crippen LogP contribution in [0.5, 0.6) is 0 Å². The van der Waals surface area contributed by atoms with Gasteiger partial charge in [-0.05, 0) is 5.56 Å². The minimum absolute atomic E-state index is 0.0586. The van der Waals surface area contributed by atoms with E-state index in [4.69, 9.17) is 5.11 Å². The van der Waals surface area contributed by atoms with Crippen molar-refractivity contribution in [3.8, 4) is 0 Å². The molecule has 2 atom stereocenters. The number of benzene rings is 1. The van der Waals surface area contributed by atoms with E-state index < -0.39 is 11.0 Å². The Morgan fingerprint density at radius 1 is 1.53 bits per heavy atom. The number of nitrogens with zero attached hydrogens (tertiary/aromatic N) is 1. The maximum atomic E-state index is 10.5. The predicted octanol–water partition coefficient (Wildman–Crippen LogP) is 1.26. The summed E-state index contributed by atoms with van der Waals surface area (Å²) in [4.78, 5) is 9.98. The highest BCUT2D eigenvalue weighted by Crippen LogP contribution is 2.24. The molecule has 82 valence electrons. The van der Waals surface area contributed by atoms with Gasteiger partial charge in [0.2, 0.25) is 0 Å². The van der Waals surface area contributed by atoms with Crippen molar-refractivity contribution in [3.63, 3.8) is 0 Å². The summed E-state index contributed by atoms with van der Waals surface area (Å²) in [6.07, 6.45) is -0.880. The Labute approximate surface area is 87.1 Å². The molecule has 0 spiro atoms. The standard InChI is InChI=1S/C10H13NO4/c1-7(6-12)10(13)8-3-2-4-9(5-8)11(14)15/h2-5,7,10,12-13H,6H2,1H3/t7-,10+/m0/s1. The van der Waals surface area contributed by atoms with Crippen molar-refractivity contribution in [3.05, 3.63) is 39.9 Å². The number of hydrogen-bond acceptors (Lipinski definition) is 4. The van der Waals surface area contributed by atoms with Crippen molar-refractivity contribution in [1.82, 2.24) is 0 Å². The quantitative estimate of drug-likeness (QED) is 0.580. The first-order valence-electron chi connectivity index (χ1n) is 4.59. The molecule has 5 nitrogen and oxygen atoms in total. The third kappa shape index (κ3) is 2.74. The zero-order valence-corrected chi connectivity index (χ0v) is 8.33. The smallest absolute Gasteiger partial charge is 0.269 e. The molecular formula is C10H13NO4. The van der Waals surface area contributed by atoms with Crippen molar-refractivity contribution >= 4 is 5.69 Å². The van der Waals surface area contributed by atoms with Gasteiger partial charge in [-0.15, -0.1) is 0 Å². The third-order valence-electron chi connectivity index (χ3n) is 2.25. The lowest BCUT2D eigenvalue weighted by Gasteiger charge is -2.16. The number of aliphatic hydroxyl groups is 2. The maximum Gasteiger partial charge on any atom is 0.269 e. The average Bonchev–Trinajstić information content (AvgIpc) is 2.27. The monoisotopic (exact) mass is 211 g/mol. The Kier molecular flexibility index (Phi) is 3.76. The molecule has 0 radical (unpaired) electrons. The van der Waals surface area contributed by atoms with Crippen LogP contribution in [-0.4, -0.2) is 21.7 Å². The normalized spacial score (nSPS) is 14.6. The molecular weight excluding hydrogens is 198 g/mol. The van der Waals surface area contributed by atoms with E-state index in [9.17, 15) is 15.2 Å². The average molecular weight is 211 g/mol. The van der Waals surface area contributed by atoms with Crippen LogP contribution in [0.3, 0.4) is 0 Å². The Morgan fingerprint density at radius 3 is 2.73 bits per heavy atom. The molecule has 0 aliphatic carbocycles. The fraction of sp³-hybridized carbons (Fsp3) is 0.400. The molecule has 2 N–H and O–H groups in total. The van der Waals surface area contributed by atoms with Gasteiger partial charge < -0.3 is 10.2 Å². The fourth-order valence-corrected chi connectivity index (χ4v) is 1.25. The van der Waals surface area contributed by atoms with Crippen LogP contribution < -0.4 is 0 Å². The Morgan fingerprint density at radius 2 is 2.20 bits per heavy atom. The summed E-state index contributed by atoms with van der Waals surface area (Å²) >= 11 is 0. The molecule has 0 unspecified atom stereocenters. The lowest BCUT2D eigenvalue weighted by atomic mass is 9.98. The second-order valence-electron chi connectivity index (χ2n) is 3.46. The second kappa shape index (κ2) is 4.86. The summed E-state index contributed by atoms with van der Waals surface area (Å²) in [7, 11) is 0. The van der Waals surface area contributed by atoms with Gasteiger partial charge in [-0.3, -0.25) is 10.1 Å². The predicted molar refractivity (Wildman–Crippen MR) is 54.3 cm³/mol. The minimum Gasteiger partial charge on any atom is -0.396 e. The first kappa shape index (κ1) is 11.6. The van der Waals surface area contributed by atoms with Crippen molar-refractivity contribution in [2.45, 2.75) is 13.0 Å². The molecule has 0 aliphatic heterocycles. The van der Waals surface area contributed by atoms with Gasteiger partial charge in [-0.1, -0.05) is 19.1 Å². The van der Waals surface area contributed by atoms with Gasteiger partial charge in [0.1, 0.15) is 0 Å². The van der Waals surface area contributed by atoms with E-state index in [1.807, 2.05) is 0 Å². The zero-order valence-electron chi connectivity index (χ0n) is 8.33. The van der Waals surface area contributed by atoms with Crippen LogP contribution in [0.2, 0.25) is 0 Å². The lowest BCUT2D eigenvalue weighted by molar-refractivity contribution is -0.385. The molecule has 5 heteroatoms. The van der Waals surface area contributed by atoms with Gasteiger partial charge in [-0.2, -0.15) is 0 Å². The van der Waals surface area contributed by atoms with Crippen molar-refractivity contribution in [1.29, 1.82) is 0 Å². The first-order valence-corrected chi connectivity index (χ1v) is 4.59. The van der Waals surface area contributed by atoms with Crippen LogP contribution in [0.4, 0.5) is 5.69 Å². The van der Waals surface area contributed by atoms with E-state index in [1.165, 1.54) is 18.2 Å². The number of non-ortho nitro benzene ring substituents is 1. The third-order valence-corrected chi connectivity index (χ3v) is 2.25. The molecule has 0 saturated heterocycles. The fourth-order valence-electron chi connectivity index (χ4n) is 1.25. The molecule has 1 aromatic carbocycles. The molecule has 1 aromatic rings. The Hall–Kier alpha value is -1.46. The van der Waals surface area contributed by atoms with Crippen LogP contribution in [0, 0.1) is 16.0 Å². The lowest BCUT2D eigenvalue weighted by Crippen LogP contribution is -2.13. The van der Waals surface area contributed by atoms with Gasteiger partial charge in [-0.25, -0.2) is 0 Å². The highest BCUT2D eigenvalue weighted by molar-refractivity contribution is 5.35. The van der Waals surface area contributed by atoms with Gasteiger partial charge in [0.15, 0.2) is 0 Å². The number of nitro benzene ring substituents is 1. The Balaban J connectivity index is 2.94. The molecule has 1 rings (SSSR count). The minimum atomic E-state index is -0.880. The summed E-state index contributed by atoms with van der Waals surface area (Å²) < 4.78 is 0. The van der Waals surface area contributed by atoms with E-state index in [2.05, 4.69) is 0 Å². The number of nitro groups is 1. The van der Waals surface area contributed by atoms with E-state index in [0.717, 1.165) is 0 Å². The highest BCUT2D eigenvalue weighted by atomic mass is 16.6. The summed E-state index contributed by atoms with van der Waals surface area (Å²) in [5.41, 5.74) is 0.391. The van der Waals surface area contributed by atoms with Gasteiger partial charge >= 0.3 is 0 Å². The van der Waals surface area contributed by atoms with Crippen LogP contribution in [0.1, 0.15) is 18.6 Å². The summed E-state index contributed by atoms with van der Waals surface area (Å²) in [6.45, 7) is 1.51. The van der Waals surface area contributed by atoms with Gasteiger partial charge in [0.05, 0.1) is 11.0 Å².